The van der Waals surface area contributed by atoms with Crippen LogP contribution in [0.4, 0.5) is 10.1 Å². The molecule has 5 nitrogen and oxygen atoms in total. The maximum atomic E-state index is 13.1. The lowest BCUT2D eigenvalue weighted by molar-refractivity contribution is -0.120. The molecular weight excluding hydrogens is 299 g/mol. The van der Waals surface area contributed by atoms with Gasteiger partial charge in [-0.05, 0) is 35.4 Å². The number of fused-ring (bicyclic) bond motifs is 1. The first-order chi connectivity index (χ1) is 11.1. The minimum Gasteiger partial charge on any atom is -0.482 e. The van der Waals surface area contributed by atoms with E-state index in [4.69, 9.17) is 4.74 Å². The molecule has 0 radical (unpaired) electrons. The van der Waals surface area contributed by atoms with Gasteiger partial charge in [0.15, 0.2) is 6.61 Å². The number of amides is 2. The molecule has 2 N–H and O–H groups in total. The molecule has 0 saturated carbocycles. The molecular formula is C17H15FN2O3. The monoisotopic (exact) mass is 314 g/mol. The van der Waals surface area contributed by atoms with Gasteiger partial charge in [0, 0.05) is 6.54 Å². The Labute approximate surface area is 132 Å². The van der Waals surface area contributed by atoms with E-state index in [-0.39, 0.29) is 30.7 Å². The Morgan fingerprint density at radius 1 is 1.22 bits per heavy atom. The summed E-state index contributed by atoms with van der Waals surface area (Å²) in [7, 11) is 0. The number of hydrogen-bond acceptors (Lipinski definition) is 3. The minimum absolute atomic E-state index is 0.0115. The lowest BCUT2D eigenvalue weighted by Gasteiger charge is -2.18. The van der Waals surface area contributed by atoms with E-state index in [1.54, 1.807) is 30.3 Å². The maximum absolute atomic E-state index is 13.1. The van der Waals surface area contributed by atoms with Gasteiger partial charge in [0.2, 0.25) is 5.91 Å². The third kappa shape index (κ3) is 3.85. The number of carbonyl (C=O) groups excluding carboxylic acids is 2. The Balaban J connectivity index is 1.58. The number of ether oxygens (including phenoxy) is 1. The van der Waals surface area contributed by atoms with E-state index in [9.17, 15) is 14.0 Å². The Morgan fingerprint density at radius 2 is 2.09 bits per heavy atom. The second kappa shape index (κ2) is 6.48. The number of nitrogens with one attached hydrogen (secondary N) is 2. The highest BCUT2D eigenvalue weighted by Gasteiger charge is 2.16. The van der Waals surface area contributed by atoms with Crippen LogP contribution in [0.15, 0.2) is 42.5 Å². The Kier molecular flexibility index (Phi) is 4.23. The van der Waals surface area contributed by atoms with Crippen molar-refractivity contribution in [2.75, 3.05) is 11.9 Å². The summed E-state index contributed by atoms with van der Waals surface area (Å²) in [6, 6.07) is 11.3. The third-order valence-corrected chi connectivity index (χ3v) is 3.42. The Morgan fingerprint density at radius 3 is 2.91 bits per heavy atom. The highest BCUT2D eigenvalue weighted by Crippen LogP contribution is 2.28. The van der Waals surface area contributed by atoms with E-state index < -0.39 is 0 Å². The van der Waals surface area contributed by atoms with Crippen molar-refractivity contribution in [1.82, 2.24) is 5.32 Å². The number of anilines is 1. The number of halogens is 1. The van der Waals surface area contributed by atoms with Crippen LogP contribution in [0.2, 0.25) is 0 Å². The quantitative estimate of drug-likeness (QED) is 0.907. The lowest BCUT2D eigenvalue weighted by atomic mass is 10.1. The van der Waals surface area contributed by atoms with Crippen molar-refractivity contribution in [3.05, 3.63) is 59.4 Å². The summed E-state index contributed by atoms with van der Waals surface area (Å²) in [4.78, 5) is 23.1. The van der Waals surface area contributed by atoms with Gasteiger partial charge < -0.3 is 15.4 Å². The molecule has 0 fully saturated rings. The number of benzene rings is 2. The summed E-state index contributed by atoms with van der Waals surface area (Å²) in [5.41, 5.74) is 2.10. The lowest BCUT2D eigenvalue weighted by Crippen LogP contribution is -2.26. The molecule has 1 aliphatic heterocycles. The van der Waals surface area contributed by atoms with Crippen LogP contribution in [-0.2, 0) is 22.6 Å². The minimum atomic E-state index is -0.357. The molecule has 1 heterocycles. The van der Waals surface area contributed by atoms with Crippen LogP contribution in [0, 0.1) is 5.82 Å². The Hall–Kier alpha value is -2.89. The van der Waals surface area contributed by atoms with Crippen molar-refractivity contribution in [3.63, 3.8) is 0 Å². The summed E-state index contributed by atoms with van der Waals surface area (Å²) in [5.74, 6) is -0.151. The molecule has 0 spiro atoms. The summed E-state index contributed by atoms with van der Waals surface area (Å²) >= 11 is 0. The third-order valence-electron chi connectivity index (χ3n) is 3.42. The average molecular weight is 314 g/mol. The van der Waals surface area contributed by atoms with Crippen LogP contribution in [0.25, 0.3) is 0 Å². The standard InChI is InChI=1S/C17H15FN2O3/c18-13-3-1-2-11(6-13)8-16(21)19-9-12-4-5-14-15(7-12)23-10-17(22)20-14/h1-7H,8-10H2,(H,19,21)(H,20,22). The van der Waals surface area contributed by atoms with Crippen LogP contribution in [0.5, 0.6) is 5.75 Å². The van der Waals surface area contributed by atoms with Crippen LogP contribution >= 0.6 is 0 Å². The van der Waals surface area contributed by atoms with E-state index in [1.165, 1.54) is 12.1 Å². The van der Waals surface area contributed by atoms with Gasteiger partial charge in [-0.1, -0.05) is 18.2 Å². The molecule has 0 bridgehead atoms. The first-order valence-corrected chi connectivity index (χ1v) is 7.17. The predicted octanol–water partition coefficient (Wildman–Crippen LogP) is 2.02. The SMILES string of the molecule is O=C(Cc1cccc(F)c1)NCc1ccc2c(c1)OCC(=O)N2. The number of hydrogen-bond donors (Lipinski definition) is 2. The highest BCUT2D eigenvalue weighted by atomic mass is 19.1. The fraction of sp³-hybridized carbons (Fsp3) is 0.176. The van der Waals surface area contributed by atoms with Crippen molar-refractivity contribution in [1.29, 1.82) is 0 Å². The smallest absolute Gasteiger partial charge is 0.262 e. The van der Waals surface area contributed by atoms with E-state index in [1.807, 2.05) is 0 Å². The van der Waals surface area contributed by atoms with Gasteiger partial charge in [0.05, 0.1) is 12.1 Å². The molecule has 0 saturated heterocycles. The Bertz CT molecular complexity index is 761. The topological polar surface area (TPSA) is 67.4 Å². The van der Waals surface area contributed by atoms with Crippen LogP contribution in [0.1, 0.15) is 11.1 Å². The van der Waals surface area contributed by atoms with E-state index in [0.29, 0.717) is 23.5 Å². The molecule has 0 aliphatic carbocycles. The predicted molar refractivity (Wildman–Crippen MR) is 82.5 cm³/mol. The molecule has 6 heteroatoms. The van der Waals surface area contributed by atoms with Crippen molar-refractivity contribution >= 4 is 17.5 Å². The zero-order chi connectivity index (χ0) is 16.2. The fourth-order valence-corrected chi connectivity index (χ4v) is 2.32. The van der Waals surface area contributed by atoms with E-state index in [0.717, 1.165) is 5.56 Å². The maximum Gasteiger partial charge on any atom is 0.262 e. The van der Waals surface area contributed by atoms with Gasteiger partial charge in [0.1, 0.15) is 11.6 Å². The molecule has 0 unspecified atom stereocenters. The first kappa shape index (κ1) is 15.0. The van der Waals surface area contributed by atoms with Crippen molar-refractivity contribution in [2.45, 2.75) is 13.0 Å². The number of rotatable bonds is 4. The fourth-order valence-electron chi connectivity index (χ4n) is 2.32. The molecule has 2 amide bonds. The summed E-state index contributed by atoms with van der Waals surface area (Å²) in [5, 5.41) is 5.48. The van der Waals surface area contributed by atoms with Crippen LogP contribution in [0.3, 0.4) is 0 Å². The summed E-state index contributed by atoms with van der Waals surface area (Å²) in [6.45, 7) is 0.321. The molecule has 2 aromatic rings. The van der Waals surface area contributed by atoms with E-state index in [2.05, 4.69) is 10.6 Å². The van der Waals surface area contributed by atoms with Gasteiger partial charge in [-0.3, -0.25) is 9.59 Å². The average Bonchev–Trinajstić information content (AvgIpc) is 2.53. The second-order valence-electron chi connectivity index (χ2n) is 5.25. The van der Waals surface area contributed by atoms with Gasteiger partial charge in [0.25, 0.3) is 5.91 Å². The molecule has 0 atom stereocenters. The largest absolute Gasteiger partial charge is 0.482 e. The number of carbonyl (C=O) groups is 2. The zero-order valence-electron chi connectivity index (χ0n) is 12.3. The molecule has 23 heavy (non-hydrogen) atoms. The highest BCUT2D eigenvalue weighted by molar-refractivity contribution is 5.95. The normalized spacial score (nSPS) is 12.8. The van der Waals surface area contributed by atoms with Gasteiger partial charge in [-0.25, -0.2) is 4.39 Å². The molecule has 118 valence electrons. The molecule has 3 rings (SSSR count). The van der Waals surface area contributed by atoms with Crippen molar-refractivity contribution in [2.24, 2.45) is 0 Å². The van der Waals surface area contributed by atoms with Crippen LogP contribution in [-0.4, -0.2) is 18.4 Å². The molecule has 1 aliphatic rings. The van der Waals surface area contributed by atoms with Gasteiger partial charge in [-0.15, -0.1) is 0 Å². The zero-order valence-corrected chi connectivity index (χ0v) is 12.3. The molecule has 2 aromatic carbocycles. The summed E-state index contributed by atoms with van der Waals surface area (Å²) in [6.07, 6.45) is 0.120. The molecule has 0 aromatic heterocycles. The summed E-state index contributed by atoms with van der Waals surface area (Å²) < 4.78 is 18.4. The van der Waals surface area contributed by atoms with Gasteiger partial charge in [-0.2, -0.15) is 0 Å². The van der Waals surface area contributed by atoms with Crippen molar-refractivity contribution in [3.8, 4) is 5.75 Å². The van der Waals surface area contributed by atoms with Crippen molar-refractivity contribution < 1.29 is 18.7 Å². The second-order valence-corrected chi connectivity index (χ2v) is 5.25. The van der Waals surface area contributed by atoms with Gasteiger partial charge >= 0.3 is 0 Å². The van der Waals surface area contributed by atoms with Crippen LogP contribution < -0.4 is 15.4 Å². The van der Waals surface area contributed by atoms with E-state index >= 15 is 0 Å². The first-order valence-electron chi connectivity index (χ1n) is 7.17.